The summed E-state index contributed by atoms with van der Waals surface area (Å²) in [6.07, 6.45) is -0.468. The van der Waals surface area contributed by atoms with Gasteiger partial charge in [0, 0.05) is 5.56 Å². The summed E-state index contributed by atoms with van der Waals surface area (Å²) >= 11 is 3.19. The minimum Gasteiger partial charge on any atom is -0.371 e. The van der Waals surface area contributed by atoms with Crippen molar-refractivity contribution in [2.45, 2.75) is 22.9 Å². The fourth-order valence-corrected chi connectivity index (χ4v) is 4.54. The molecule has 1 aliphatic rings. The van der Waals surface area contributed by atoms with E-state index in [0.29, 0.717) is 5.56 Å². The highest BCUT2D eigenvalue weighted by atomic mass is 79.9. The van der Waals surface area contributed by atoms with Crippen LogP contribution in [0.1, 0.15) is 16.0 Å². The van der Waals surface area contributed by atoms with Crippen LogP contribution >= 0.6 is 15.9 Å². The number of aliphatic hydroxyl groups is 1. The second-order valence-corrected chi connectivity index (χ2v) is 7.80. The first kappa shape index (κ1) is 15.4. The summed E-state index contributed by atoms with van der Waals surface area (Å²) in [4.78, 5) is 3.13. The maximum Gasteiger partial charge on any atom is 0.267 e. The molecule has 0 amide bonds. The predicted molar refractivity (Wildman–Crippen MR) is 82.7 cm³/mol. The van der Waals surface area contributed by atoms with Crippen molar-refractivity contribution < 1.29 is 17.9 Å². The molecule has 0 bridgehead atoms. The normalized spacial score (nSPS) is 21.0. The first-order chi connectivity index (χ1) is 10.3. The molecule has 0 spiro atoms. The number of hydrogen-bond acceptors (Lipinski definition) is 4. The number of hydrogen-bond donors (Lipinski definition) is 1. The second-order valence-electron chi connectivity index (χ2n) is 5.00. The third kappa shape index (κ3) is 2.31. The van der Waals surface area contributed by atoms with Gasteiger partial charge in [0.2, 0.25) is 0 Å². The lowest BCUT2D eigenvalue weighted by molar-refractivity contribution is 0.194. The van der Waals surface area contributed by atoms with Crippen LogP contribution in [0.5, 0.6) is 0 Å². The molecule has 1 aromatic heterocycles. The van der Waals surface area contributed by atoms with E-state index in [1.165, 1.54) is 12.1 Å². The Morgan fingerprint density at radius 2 is 1.95 bits per heavy atom. The van der Waals surface area contributed by atoms with Gasteiger partial charge in [-0.3, -0.25) is 0 Å². The monoisotopic (exact) mass is 386 g/mol. The van der Waals surface area contributed by atoms with Crippen LogP contribution in [-0.4, -0.2) is 24.7 Å². The van der Waals surface area contributed by atoms with Crippen molar-refractivity contribution in [3.8, 4) is 0 Å². The number of pyridine rings is 1. The van der Waals surface area contributed by atoms with E-state index in [1.807, 2.05) is 6.92 Å². The van der Waals surface area contributed by atoms with E-state index in [2.05, 4.69) is 20.9 Å². The molecule has 3 rings (SSSR count). The average molecular weight is 387 g/mol. The highest BCUT2D eigenvalue weighted by Crippen LogP contribution is 2.44. The van der Waals surface area contributed by atoms with Crippen molar-refractivity contribution in [2.75, 3.05) is 4.31 Å². The molecule has 0 fully saturated rings. The van der Waals surface area contributed by atoms with E-state index in [4.69, 9.17) is 0 Å². The number of fused-ring (bicyclic) bond motifs is 1. The summed E-state index contributed by atoms with van der Waals surface area (Å²) in [6, 6.07) is 7.42. The largest absolute Gasteiger partial charge is 0.371 e. The molecule has 0 aliphatic carbocycles. The van der Waals surface area contributed by atoms with E-state index in [9.17, 15) is 17.9 Å². The third-order valence-electron chi connectivity index (χ3n) is 3.45. The number of nitrogens with zero attached hydrogens (tertiary/aromatic N) is 2. The Labute approximate surface area is 135 Å². The van der Waals surface area contributed by atoms with Crippen LogP contribution in [0.3, 0.4) is 0 Å². The van der Waals surface area contributed by atoms with Crippen molar-refractivity contribution in [1.29, 1.82) is 0 Å². The van der Waals surface area contributed by atoms with Crippen molar-refractivity contribution in [2.24, 2.45) is 0 Å². The smallest absolute Gasteiger partial charge is 0.267 e. The number of sulfonamides is 1. The number of aromatic nitrogens is 1. The van der Waals surface area contributed by atoms with Gasteiger partial charge < -0.3 is 5.11 Å². The molecule has 0 radical (unpaired) electrons. The number of anilines is 1. The number of aliphatic hydroxyl groups excluding tert-OH is 1. The second kappa shape index (κ2) is 5.29. The van der Waals surface area contributed by atoms with Gasteiger partial charge in [-0.1, -0.05) is 33.6 Å². The number of halogens is 2. The molecule has 2 atom stereocenters. The van der Waals surface area contributed by atoms with Crippen LogP contribution in [0.25, 0.3) is 0 Å². The molecule has 8 heteroatoms. The van der Waals surface area contributed by atoms with Gasteiger partial charge in [-0.15, -0.1) is 0 Å². The van der Waals surface area contributed by atoms with Gasteiger partial charge in [0.15, 0.2) is 6.23 Å². The third-order valence-corrected chi connectivity index (χ3v) is 6.19. The predicted octanol–water partition coefficient (Wildman–Crippen LogP) is 2.49. The fourth-order valence-electron chi connectivity index (χ4n) is 2.32. The van der Waals surface area contributed by atoms with Crippen molar-refractivity contribution >= 4 is 31.8 Å². The molecular formula is C14H12BrFN2O3S. The summed E-state index contributed by atoms with van der Waals surface area (Å²) in [5.74, 6) is -0.568. The molecule has 2 unspecified atom stereocenters. The molecule has 2 heterocycles. The summed E-state index contributed by atoms with van der Waals surface area (Å²) in [5.41, 5.74) is 1.21. The summed E-state index contributed by atoms with van der Waals surface area (Å²) in [7, 11) is -4.00. The van der Waals surface area contributed by atoms with E-state index < -0.39 is 26.9 Å². The maximum atomic E-state index is 13.3. The lowest BCUT2D eigenvalue weighted by Crippen LogP contribution is -2.38. The van der Waals surface area contributed by atoms with E-state index in [0.717, 1.165) is 22.1 Å². The quantitative estimate of drug-likeness (QED) is 0.804. The highest BCUT2D eigenvalue weighted by molar-refractivity contribution is 9.09. The van der Waals surface area contributed by atoms with E-state index in [-0.39, 0.29) is 10.7 Å². The van der Waals surface area contributed by atoms with Crippen LogP contribution < -0.4 is 4.31 Å². The van der Waals surface area contributed by atoms with Crippen LogP contribution in [0.2, 0.25) is 0 Å². The Kier molecular flexibility index (Phi) is 3.70. The zero-order valence-electron chi connectivity index (χ0n) is 11.4. The topological polar surface area (TPSA) is 70.5 Å². The van der Waals surface area contributed by atoms with Gasteiger partial charge >= 0.3 is 0 Å². The Balaban J connectivity index is 2.14. The van der Waals surface area contributed by atoms with Crippen LogP contribution in [0.15, 0.2) is 41.4 Å². The molecule has 5 nitrogen and oxygen atoms in total. The van der Waals surface area contributed by atoms with Crippen LogP contribution in [0, 0.1) is 12.7 Å². The lowest BCUT2D eigenvalue weighted by atomic mass is 10.2. The Morgan fingerprint density at radius 1 is 1.32 bits per heavy atom. The SMILES string of the molecule is Cc1ccc(S(=O)(=O)N2c3ncc(F)cc3C(Br)C2O)cc1. The maximum absolute atomic E-state index is 13.3. The zero-order chi connectivity index (χ0) is 16.1. The number of aryl methyl sites for hydroxylation is 1. The van der Waals surface area contributed by atoms with Gasteiger partial charge in [0.05, 0.1) is 15.9 Å². The van der Waals surface area contributed by atoms with Crippen LogP contribution in [-0.2, 0) is 10.0 Å². The summed E-state index contributed by atoms with van der Waals surface area (Å²) in [5, 5.41) is 10.3. The van der Waals surface area contributed by atoms with Gasteiger partial charge in [-0.25, -0.2) is 22.1 Å². The molecule has 1 N–H and O–H groups in total. The first-order valence-corrected chi connectivity index (χ1v) is 8.76. The average Bonchev–Trinajstić information content (AvgIpc) is 2.72. The zero-order valence-corrected chi connectivity index (χ0v) is 13.8. The minimum atomic E-state index is -4.00. The van der Waals surface area contributed by atoms with Gasteiger partial charge in [0.25, 0.3) is 10.0 Å². The van der Waals surface area contributed by atoms with Crippen molar-refractivity contribution in [3.05, 3.63) is 53.5 Å². The van der Waals surface area contributed by atoms with E-state index in [1.54, 1.807) is 12.1 Å². The molecule has 22 heavy (non-hydrogen) atoms. The standard InChI is InChI=1S/C14H12BrFN2O3S/c1-8-2-4-10(5-3-8)22(20,21)18-13-11(12(15)14(18)19)6-9(16)7-17-13/h2-7,12,14,19H,1H3. The molecule has 0 saturated carbocycles. The van der Waals surface area contributed by atoms with Crippen molar-refractivity contribution in [3.63, 3.8) is 0 Å². The molecule has 1 aliphatic heterocycles. The first-order valence-electron chi connectivity index (χ1n) is 6.41. The molecule has 116 valence electrons. The van der Waals surface area contributed by atoms with Gasteiger partial charge in [-0.2, -0.15) is 0 Å². The molecule has 0 saturated heterocycles. The van der Waals surface area contributed by atoms with Crippen molar-refractivity contribution in [1.82, 2.24) is 4.98 Å². The Bertz CT molecular complexity index is 826. The highest BCUT2D eigenvalue weighted by Gasteiger charge is 2.44. The number of rotatable bonds is 2. The molecular weight excluding hydrogens is 375 g/mol. The number of alkyl halides is 1. The molecule has 1 aromatic carbocycles. The Morgan fingerprint density at radius 3 is 2.59 bits per heavy atom. The van der Waals surface area contributed by atoms with Crippen LogP contribution in [0.4, 0.5) is 10.2 Å². The van der Waals surface area contributed by atoms with Gasteiger partial charge in [-0.05, 0) is 25.1 Å². The minimum absolute atomic E-state index is 0.0244. The Hall–Kier alpha value is -1.51. The summed E-state index contributed by atoms with van der Waals surface area (Å²) < 4.78 is 39.7. The van der Waals surface area contributed by atoms with Gasteiger partial charge in [0.1, 0.15) is 11.6 Å². The lowest BCUT2D eigenvalue weighted by Gasteiger charge is -2.23. The number of benzene rings is 1. The summed E-state index contributed by atoms with van der Waals surface area (Å²) in [6.45, 7) is 1.84. The fraction of sp³-hybridized carbons (Fsp3) is 0.214. The van der Waals surface area contributed by atoms with E-state index >= 15 is 0 Å². The molecule has 2 aromatic rings.